The number of aryl methyl sites for hydroxylation is 1. The molecule has 4 N–H and O–H groups in total. The maximum Gasteiger partial charge on any atom is 0.254 e. The van der Waals surface area contributed by atoms with Gasteiger partial charge < -0.3 is 16.4 Å². The Morgan fingerprint density at radius 3 is 2.92 bits per heavy atom. The lowest BCUT2D eigenvalue weighted by atomic mass is 9.91. The highest BCUT2D eigenvalue weighted by Crippen LogP contribution is 2.33. The fraction of sp³-hybridized carbons (Fsp3) is 0.471. The van der Waals surface area contributed by atoms with E-state index in [0.29, 0.717) is 22.4 Å². The number of rotatable bonds is 3. The van der Waals surface area contributed by atoms with Gasteiger partial charge in [-0.1, -0.05) is 12.8 Å². The molecule has 8 heteroatoms. The summed E-state index contributed by atoms with van der Waals surface area (Å²) in [6.07, 6.45) is 7.36. The van der Waals surface area contributed by atoms with Gasteiger partial charge in [0.05, 0.1) is 17.5 Å². The fourth-order valence-electron chi connectivity index (χ4n) is 3.64. The zero-order chi connectivity index (χ0) is 17.6. The number of hydrogen-bond acceptors (Lipinski definition) is 5. The summed E-state index contributed by atoms with van der Waals surface area (Å²) in [4.78, 5) is 16.6. The van der Waals surface area contributed by atoms with Gasteiger partial charge >= 0.3 is 0 Å². The number of nitrogens with zero attached hydrogens (tertiary/aromatic N) is 3. The molecule has 132 valence electrons. The first-order valence-electron chi connectivity index (χ1n) is 8.56. The molecule has 1 aliphatic heterocycles. The van der Waals surface area contributed by atoms with E-state index >= 15 is 0 Å². The van der Waals surface area contributed by atoms with Crippen LogP contribution in [0.5, 0.6) is 0 Å². The van der Waals surface area contributed by atoms with Gasteiger partial charge in [0.2, 0.25) is 0 Å². The highest BCUT2D eigenvalue weighted by atomic mass is 19.1. The van der Waals surface area contributed by atoms with Gasteiger partial charge in [0.1, 0.15) is 0 Å². The summed E-state index contributed by atoms with van der Waals surface area (Å²) in [6.45, 7) is 0.168. The molecule has 2 aliphatic rings. The van der Waals surface area contributed by atoms with Gasteiger partial charge in [-0.15, -0.1) is 0 Å². The summed E-state index contributed by atoms with van der Waals surface area (Å²) >= 11 is 0. The highest BCUT2D eigenvalue weighted by molar-refractivity contribution is 6.04. The molecule has 3 heterocycles. The van der Waals surface area contributed by atoms with Gasteiger partial charge in [-0.05, 0) is 12.8 Å². The van der Waals surface area contributed by atoms with E-state index in [0.717, 1.165) is 25.7 Å². The molecule has 2 aromatic heterocycles. The first-order chi connectivity index (χ1) is 12.0. The average Bonchev–Trinajstić information content (AvgIpc) is 3.19. The first kappa shape index (κ1) is 16.0. The molecule has 1 unspecified atom stereocenters. The van der Waals surface area contributed by atoms with Crippen molar-refractivity contribution in [2.24, 2.45) is 12.8 Å². The fourth-order valence-corrected chi connectivity index (χ4v) is 3.64. The van der Waals surface area contributed by atoms with Crippen molar-refractivity contribution < 1.29 is 9.18 Å². The number of halogens is 1. The second-order valence-corrected chi connectivity index (χ2v) is 6.76. The van der Waals surface area contributed by atoms with E-state index < -0.39 is 5.82 Å². The van der Waals surface area contributed by atoms with Crippen molar-refractivity contribution in [3.8, 4) is 11.3 Å². The van der Waals surface area contributed by atoms with Crippen LogP contribution in [-0.4, -0.2) is 32.8 Å². The summed E-state index contributed by atoms with van der Waals surface area (Å²) in [7, 11) is 1.79. The summed E-state index contributed by atoms with van der Waals surface area (Å²) < 4.78 is 16.6. The van der Waals surface area contributed by atoms with E-state index in [1.807, 2.05) is 0 Å². The van der Waals surface area contributed by atoms with E-state index in [9.17, 15) is 9.18 Å². The zero-order valence-corrected chi connectivity index (χ0v) is 14.1. The zero-order valence-electron chi connectivity index (χ0n) is 14.1. The van der Waals surface area contributed by atoms with Gasteiger partial charge in [-0.25, -0.2) is 9.37 Å². The third-order valence-electron chi connectivity index (χ3n) is 5.01. The smallest absolute Gasteiger partial charge is 0.254 e. The Balaban J connectivity index is 1.79. The minimum absolute atomic E-state index is 0.0133. The molecule has 1 aliphatic carbocycles. The lowest BCUT2D eigenvalue weighted by molar-refractivity contribution is 0.0966. The van der Waals surface area contributed by atoms with E-state index in [4.69, 9.17) is 5.73 Å². The number of carbonyl (C=O) groups is 1. The van der Waals surface area contributed by atoms with Crippen LogP contribution >= 0.6 is 0 Å². The van der Waals surface area contributed by atoms with Crippen LogP contribution in [0.25, 0.3) is 11.3 Å². The van der Waals surface area contributed by atoms with Crippen molar-refractivity contribution in [2.45, 2.75) is 44.3 Å². The van der Waals surface area contributed by atoms with Gasteiger partial charge in [-0.2, -0.15) is 5.10 Å². The van der Waals surface area contributed by atoms with Crippen molar-refractivity contribution in [3.63, 3.8) is 0 Å². The molecule has 4 rings (SSSR count). The van der Waals surface area contributed by atoms with Crippen LogP contribution in [0.15, 0.2) is 12.4 Å². The molecule has 0 bridgehead atoms. The van der Waals surface area contributed by atoms with Crippen molar-refractivity contribution in [3.05, 3.63) is 29.3 Å². The maximum absolute atomic E-state index is 15.0. The molecule has 0 aromatic carbocycles. The third-order valence-corrected chi connectivity index (χ3v) is 5.01. The van der Waals surface area contributed by atoms with Gasteiger partial charge in [0.25, 0.3) is 5.91 Å². The lowest BCUT2D eigenvalue weighted by Crippen LogP contribution is -2.43. The van der Waals surface area contributed by atoms with Crippen molar-refractivity contribution in [1.82, 2.24) is 20.1 Å². The predicted octanol–water partition coefficient (Wildman–Crippen LogP) is 1.55. The Labute approximate surface area is 144 Å². The van der Waals surface area contributed by atoms with Crippen LogP contribution in [-0.2, 0) is 13.6 Å². The van der Waals surface area contributed by atoms with Crippen LogP contribution in [0.1, 0.15) is 41.6 Å². The number of aromatic nitrogens is 3. The molecule has 7 nitrogen and oxygen atoms in total. The number of pyridine rings is 1. The molecule has 1 amide bonds. The monoisotopic (exact) mass is 344 g/mol. The number of fused-ring (bicyclic) bond motifs is 1. The van der Waals surface area contributed by atoms with E-state index in [2.05, 4.69) is 20.7 Å². The lowest BCUT2D eigenvalue weighted by Gasteiger charge is -2.30. The second kappa shape index (κ2) is 6.11. The van der Waals surface area contributed by atoms with E-state index in [1.54, 1.807) is 24.1 Å². The van der Waals surface area contributed by atoms with Crippen LogP contribution in [0, 0.1) is 5.82 Å². The number of hydrogen-bond donors (Lipinski definition) is 3. The number of amides is 1. The summed E-state index contributed by atoms with van der Waals surface area (Å²) in [5, 5.41) is 10.0. The standard InChI is InChI=1S/C17H21FN6O/c1-24-8-9(6-21-24)15-13-10(7-20-17(13)25)14(18)16(23-15)22-12-5-3-2-4-11(12)19/h6,8,11-12H,2-5,7,19H2,1H3,(H,20,25)(H,22,23)/t11-,12?/m0/s1. The highest BCUT2D eigenvalue weighted by Gasteiger charge is 2.32. The molecule has 0 radical (unpaired) electrons. The number of anilines is 1. The van der Waals surface area contributed by atoms with Crippen molar-refractivity contribution in [1.29, 1.82) is 0 Å². The second-order valence-electron chi connectivity index (χ2n) is 6.76. The maximum atomic E-state index is 15.0. The molecule has 2 atom stereocenters. The minimum atomic E-state index is -0.473. The summed E-state index contributed by atoms with van der Waals surface area (Å²) in [6, 6.07) is -0.0367. The Kier molecular flexibility index (Phi) is 3.91. The summed E-state index contributed by atoms with van der Waals surface area (Å²) in [5.41, 5.74) is 7.96. The predicted molar refractivity (Wildman–Crippen MR) is 91.4 cm³/mol. The van der Waals surface area contributed by atoms with Crippen molar-refractivity contribution >= 4 is 11.7 Å². The van der Waals surface area contributed by atoms with Crippen LogP contribution in [0.2, 0.25) is 0 Å². The van der Waals surface area contributed by atoms with E-state index in [1.165, 1.54) is 0 Å². The van der Waals surface area contributed by atoms with Gasteiger partial charge in [0.15, 0.2) is 11.6 Å². The Morgan fingerprint density at radius 1 is 1.40 bits per heavy atom. The minimum Gasteiger partial charge on any atom is -0.363 e. The average molecular weight is 344 g/mol. The largest absolute Gasteiger partial charge is 0.363 e. The number of nitrogens with one attached hydrogen (secondary N) is 2. The summed E-state index contributed by atoms with van der Waals surface area (Å²) in [5.74, 6) is -0.614. The molecule has 0 saturated heterocycles. The van der Waals surface area contributed by atoms with E-state index in [-0.39, 0.29) is 30.4 Å². The third kappa shape index (κ3) is 2.76. The molecule has 2 aromatic rings. The molecule has 1 saturated carbocycles. The normalized spacial score (nSPS) is 22.6. The van der Waals surface area contributed by atoms with Crippen LogP contribution in [0.3, 0.4) is 0 Å². The Bertz CT molecular complexity index is 833. The van der Waals surface area contributed by atoms with Gasteiger partial charge in [-0.3, -0.25) is 9.48 Å². The molecule has 0 spiro atoms. The van der Waals surface area contributed by atoms with Crippen molar-refractivity contribution in [2.75, 3.05) is 5.32 Å². The molecular weight excluding hydrogens is 323 g/mol. The SMILES string of the molecule is Cn1cc(-c2nc(NC3CCCC[C@@H]3N)c(F)c3c2C(=O)NC3)cn1. The van der Waals surface area contributed by atoms with Gasteiger partial charge in [0, 0.05) is 43.0 Å². The number of nitrogens with two attached hydrogens (primary N) is 1. The molecule has 25 heavy (non-hydrogen) atoms. The first-order valence-corrected chi connectivity index (χ1v) is 8.56. The number of carbonyl (C=O) groups excluding carboxylic acids is 1. The Hall–Kier alpha value is -2.48. The molecule has 1 fully saturated rings. The van der Waals surface area contributed by atoms with Crippen LogP contribution in [0.4, 0.5) is 10.2 Å². The van der Waals surface area contributed by atoms with Crippen LogP contribution < -0.4 is 16.4 Å². The Morgan fingerprint density at radius 2 is 2.20 bits per heavy atom. The topological polar surface area (TPSA) is 97.9 Å². The quantitative estimate of drug-likeness (QED) is 0.785. The molecular formula is C17H21FN6O.